The molecule has 0 saturated heterocycles. The highest BCUT2D eigenvalue weighted by atomic mass is 19.4. The third kappa shape index (κ3) is 3.71. The van der Waals surface area contributed by atoms with Crippen LogP contribution < -0.4 is 0 Å². The summed E-state index contributed by atoms with van der Waals surface area (Å²) >= 11 is 0. The lowest BCUT2D eigenvalue weighted by Crippen LogP contribution is -2.40. The smallest absolute Gasteiger partial charge is 0.435 e. The number of H-pyrrole nitrogens is 1. The Balaban J connectivity index is 1.95. The van der Waals surface area contributed by atoms with Gasteiger partial charge in [-0.25, -0.2) is 4.79 Å². The molecular weight excluding hydrogens is 380 g/mol. The van der Waals surface area contributed by atoms with Crippen LogP contribution in [0.4, 0.5) is 31.1 Å². The molecule has 3 rings (SSSR count). The van der Waals surface area contributed by atoms with E-state index in [9.17, 15) is 36.2 Å². The van der Waals surface area contributed by atoms with Crippen LogP contribution in [0.1, 0.15) is 34.1 Å². The normalized spacial score (nSPS) is 17.7. The molecule has 2 heterocycles. The van der Waals surface area contributed by atoms with E-state index in [1.165, 1.54) is 12.1 Å². The van der Waals surface area contributed by atoms with Gasteiger partial charge in [-0.05, 0) is 30.5 Å². The van der Waals surface area contributed by atoms with Crippen LogP contribution in [-0.2, 0) is 25.2 Å². The number of carboxylic acid groups (broad SMARTS) is 1. The van der Waals surface area contributed by atoms with Crippen molar-refractivity contribution in [2.45, 2.75) is 31.2 Å². The minimum absolute atomic E-state index is 0.0101. The van der Waals surface area contributed by atoms with Gasteiger partial charge in [-0.1, -0.05) is 12.1 Å². The average Bonchev–Trinajstić information content (AvgIpc) is 2.99. The van der Waals surface area contributed by atoms with Crippen LogP contribution in [0.3, 0.4) is 0 Å². The maximum atomic E-state index is 13.1. The second-order valence-corrected chi connectivity index (χ2v) is 6.10. The Labute approximate surface area is 148 Å². The predicted molar refractivity (Wildman–Crippen MR) is 79.9 cm³/mol. The second kappa shape index (κ2) is 6.46. The van der Waals surface area contributed by atoms with Gasteiger partial charge in [0.1, 0.15) is 0 Å². The Morgan fingerprint density at radius 2 is 1.78 bits per heavy atom. The summed E-state index contributed by atoms with van der Waals surface area (Å²) in [6.07, 6.45) is -10.8. The fraction of sp³-hybridized carbons (Fsp3) is 0.375. The van der Waals surface area contributed by atoms with Crippen molar-refractivity contribution in [2.75, 3.05) is 6.54 Å². The van der Waals surface area contributed by atoms with Gasteiger partial charge in [0.05, 0.1) is 17.3 Å². The number of alkyl halides is 6. The van der Waals surface area contributed by atoms with Crippen molar-refractivity contribution in [3.8, 4) is 0 Å². The second-order valence-electron chi connectivity index (χ2n) is 6.10. The number of nitrogens with zero attached hydrogens (tertiary/aromatic N) is 2. The van der Waals surface area contributed by atoms with E-state index in [1.54, 1.807) is 0 Å². The monoisotopic (exact) mass is 393 g/mol. The summed E-state index contributed by atoms with van der Waals surface area (Å²) in [6, 6.07) is 3.04. The molecule has 27 heavy (non-hydrogen) atoms. The Morgan fingerprint density at radius 1 is 1.15 bits per heavy atom. The number of carbonyl (C=O) groups is 1. The summed E-state index contributed by atoms with van der Waals surface area (Å²) in [5.74, 6) is 0. The van der Waals surface area contributed by atoms with Gasteiger partial charge in [0, 0.05) is 12.1 Å². The van der Waals surface area contributed by atoms with E-state index in [1.807, 2.05) is 0 Å². The van der Waals surface area contributed by atoms with Crippen LogP contribution in [0.25, 0.3) is 0 Å². The number of halogens is 6. The maximum Gasteiger partial charge on any atom is 0.435 e. The molecule has 2 N–H and O–H groups in total. The Bertz CT molecular complexity index is 841. The van der Waals surface area contributed by atoms with Gasteiger partial charge in [-0.15, -0.1) is 0 Å². The fourth-order valence-electron chi connectivity index (χ4n) is 3.18. The molecule has 1 aromatic carbocycles. The average molecular weight is 393 g/mol. The van der Waals surface area contributed by atoms with E-state index in [4.69, 9.17) is 0 Å². The predicted octanol–water partition coefficient (Wildman–Crippen LogP) is 4.27. The number of hydrogen-bond acceptors (Lipinski definition) is 2. The lowest BCUT2D eigenvalue weighted by Gasteiger charge is -2.33. The summed E-state index contributed by atoms with van der Waals surface area (Å²) < 4.78 is 77.1. The number of nitrogens with one attached hydrogen (secondary N) is 1. The van der Waals surface area contributed by atoms with E-state index < -0.39 is 35.7 Å². The molecule has 0 radical (unpaired) electrons. The molecule has 1 aromatic heterocycles. The zero-order chi connectivity index (χ0) is 20.0. The third-order valence-corrected chi connectivity index (χ3v) is 4.44. The summed E-state index contributed by atoms with van der Waals surface area (Å²) in [6.45, 7) is -0.170. The molecule has 1 aliphatic heterocycles. The minimum atomic E-state index is -4.69. The lowest BCUT2D eigenvalue weighted by molar-refractivity contribution is -0.142. The highest BCUT2D eigenvalue weighted by Gasteiger charge is 2.42. The van der Waals surface area contributed by atoms with E-state index in [0.717, 1.165) is 17.0 Å². The molecule has 0 aliphatic carbocycles. The number of fused-ring (bicyclic) bond motifs is 1. The maximum absolute atomic E-state index is 13.1. The van der Waals surface area contributed by atoms with E-state index in [-0.39, 0.29) is 30.6 Å². The van der Waals surface area contributed by atoms with E-state index in [2.05, 4.69) is 10.2 Å². The minimum Gasteiger partial charge on any atom is -0.465 e. The van der Waals surface area contributed by atoms with Crippen molar-refractivity contribution in [3.63, 3.8) is 0 Å². The number of aromatic amines is 1. The number of rotatable bonds is 2. The topological polar surface area (TPSA) is 69.2 Å². The molecule has 0 saturated carbocycles. The van der Waals surface area contributed by atoms with Crippen molar-refractivity contribution in [1.82, 2.24) is 15.1 Å². The van der Waals surface area contributed by atoms with Crippen LogP contribution in [-0.4, -0.2) is 32.8 Å². The quantitative estimate of drug-likeness (QED) is 0.749. The van der Waals surface area contributed by atoms with Gasteiger partial charge >= 0.3 is 18.4 Å². The van der Waals surface area contributed by atoms with Gasteiger partial charge in [-0.2, -0.15) is 31.4 Å². The molecule has 1 unspecified atom stereocenters. The first kappa shape index (κ1) is 19.1. The van der Waals surface area contributed by atoms with Gasteiger partial charge in [0.2, 0.25) is 0 Å². The molecule has 0 spiro atoms. The Hall–Kier alpha value is -2.72. The van der Waals surface area contributed by atoms with Crippen LogP contribution in [0, 0.1) is 0 Å². The fourth-order valence-corrected chi connectivity index (χ4v) is 3.18. The van der Waals surface area contributed by atoms with Gasteiger partial charge < -0.3 is 5.11 Å². The zero-order valence-electron chi connectivity index (χ0n) is 13.5. The molecule has 0 bridgehead atoms. The van der Waals surface area contributed by atoms with Crippen molar-refractivity contribution in [1.29, 1.82) is 0 Å². The first-order valence-corrected chi connectivity index (χ1v) is 7.78. The highest BCUT2D eigenvalue weighted by molar-refractivity contribution is 5.66. The Morgan fingerprint density at radius 3 is 2.30 bits per heavy atom. The molecule has 2 aromatic rings. The van der Waals surface area contributed by atoms with Crippen LogP contribution in [0.2, 0.25) is 0 Å². The Kier molecular flexibility index (Phi) is 4.56. The molecule has 146 valence electrons. The van der Waals surface area contributed by atoms with Crippen molar-refractivity contribution in [3.05, 3.63) is 52.3 Å². The van der Waals surface area contributed by atoms with Crippen molar-refractivity contribution < 1.29 is 36.2 Å². The lowest BCUT2D eigenvalue weighted by atomic mass is 9.92. The van der Waals surface area contributed by atoms with Gasteiger partial charge in [0.25, 0.3) is 0 Å². The van der Waals surface area contributed by atoms with Crippen LogP contribution >= 0.6 is 0 Å². The van der Waals surface area contributed by atoms with Gasteiger partial charge in [0.15, 0.2) is 5.69 Å². The number of aromatic nitrogens is 2. The summed E-state index contributed by atoms with van der Waals surface area (Å²) in [5, 5.41) is 14.9. The van der Waals surface area contributed by atoms with Crippen LogP contribution in [0.15, 0.2) is 24.3 Å². The highest BCUT2D eigenvalue weighted by Crippen LogP contribution is 2.39. The molecule has 1 amide bonds. The van der Waals surface area contributed by atoms with Gasteiger partial charge in [-0.3, -0.25) is 10.00 Å². The number of hydrogen-bond donors (Lipinski definition) is 2. The van der Waals surface area contributed by atoms with Crippen molar-refractivity contribution in [2.24, 2.45) is 0 Å². The first-order valence-electron chi connectivity index (χ1n) is 7.78. The molecule has 0 fully saturated rings. The summed E-state index contributed by atoms with van der Waals surface area (Å²) in [5.41, 5.74) is -1.71. The number of benzene rings is 1. The number of amides is 1. The molecule has 1 aliphatic rings. The largest absolute Gasteiger partial charge is 0.465 e. The molecule has 5 nitrogen and oxygen atoms in total. The SMILES string of the molecule is O=C(O)N1CCc2c(C(F)(F)F)n[nH]c2C1Cc1ccc(C(F)(F)F)cc1. The zero-order valence-corrected chi connectivity index (χ0v) is 13.5. The van der Waals surface area contributed by atoms with Crippen molar-refractivity contribution >= 4 is 6.09 Å². The van der Waals surface area contributed by atoms with E-state index >= 15 is 0 Å². The third-order valence-electron chi connectivity index (χ3n) is 4.44. The summed E-state index contributed by atoms with van der Waals surface area (Å²) in [4.78, 5) is 12.4. The van der Waals surface area contributed by atoms with E-state index in [0.29, 0.717) is 5.56 Å². The molecular formula is C16H13F6N3O2. The molecule has 11 heteroatoms. The molecule has 1 atom stereocenters. The standard InChI is InChI=1S/C16H13F6N3O2/c17-15(18,19)9-3-1-8(2-4-9)7-11-12-10(5-6-25(11)14(26)27)13(24-23-12)16(20,21)22/h1-4,11H,5-7H2,(H,23,24)(H,26,27). The summed E-state index contributed by atoms with van der Waals surface area (Å²) in [7, 11) is 0. The van der Waals surface area contributed by atoms with Crippen LogP contribution in [0.5, 0.6) is 0 Å². The first-order chi connectivity index (χ1) is 12.5.